The maximum atomic E-state index is 13.6. The number of sulfone groups is 1. The molecule has 0 aliphatic carbocycles. The van der Waals surface area contributed by atoms with E-state index in [9.17, 15) is 8.42 Å². The van der Waals surface area contributed by atoms with E-state index in [1.54, 1.807) is 30.5 Å². The van der Waals surface area contributed by atoms with Crippen LogP contribution in [0.1, 0.15) is 30.9 Å². The zero-order valence-electron chi connectivity index (χ0n) is 15.0. The fourth-order valence-corrected chi connectivity index (χ4v) is 5.63. The van der Waals surface area contributed by atoms with Gasteiger partial charge in [-0.05, 0) is 68.1 Å². The van der Waals surface area contributed by atoms with Crippen LogP contribution in [0.5, 0.6) is 0 Å². The van der Waals surface area contributed by atoms with Crippen LogP contribution in [0.3, 0.4) is 0 Å². The van der Waals surface area contributed by atoms with Crippen LogP contribution >= 0.6 is 11.6 Å². The molecule has 0 saturated carbocycles. The van der Waals surface area contributed by atoms with Gasteiger partial charge in [0.25, 0.3) is 0 Å². The van der Waals surface area contributed by atoms with E-state index in [4.69, 9.17) is 16.3 Å². The Bertz CT molecular complexity index is 876. The van der Waals surface area contributed by atoms with Gasteiger partial charge in [-0.2, -0.15) is 0 Å². The number of nitrogens with zero attached hydrogens (tertiary/aromatic N) is 1. The zero-order valence-corrected chi connectivity index (χ0v) is 16.5. The lowest BCUT2D eigenvalue weighted by molar-refractivity contribution is 0.0739. The fourth-order valence-electron chi connectivity index (χ4n) is 3.43. The third-order valence-corrected chi connectivity index (χ3v) is 7.70. The van der Waals surface area contributed by atoms with E-state index in [0.717, 1.165) is 23.5 Å². The summed E-state index contributed by atoms with van der Waals surface area (Å²) in [6, 6.07) is 8.30. The molecule has 0 radical (unpaired) electrons. The number of anilines is 1. The van der Waals surface area contributed by atoms with E-state index in [1.165, 1.54) is 0 Å². The van der Waals surface area contributed by atoms with E-state index in [0.29, 0.717) is 31.1 Å². The van der Waals surface area contributed by atoms with Crippen molar-refractivity contribution in [2.45, 2.75) is 36.3 Å². The molecule has 3 rings (SSSR count). The molecule has 0 amide bonds. The van der Waals surface area contributed by atoms with E-state index >= 15 is 0 Å². The van der Waals surface area contributed by atoms with Crippen molar-refractivity contribution in [1.82, 2.24) is 4.98 Å². The number of ether oxygens (including phenoxy) is 1. The molecule has 0 atom stereocenters. The Hall–Kier alpha value is -1.63. The van der Waals surface area contributed by atoms with E-state index in [1.807, 2.05) is 19.9 Å². The first-order chi connectivity index (χ1) is 12.4. The van der Waals surface area contributed by atoms with Gasteiger partial charge in [0.15, 0.2) is 9.84 Å². The van der Waals surface area contributed by atoms with Crippen LogP contribution in [0.25, 0.3) is 0 Å². The van der Waals surface area contributed by atoms with Crippen LogP contribution in [0.4, 0.5) is 5.82 Å². The molecule has 1 aliphatic rings. The topological polar surface area (TPSA) is 68.3 Å². The standard InChI is InChI=1S/C19H23ClN2O3S/c1-3-21-18-14(2)12-15(13-22-18)19(8-10-25-11-9-19)26(23,24)17-6-4-16(20)5-7-17/h4-7,12-13H,3,8-11H2,1-2H3,(H,21,22). The summed E-state index contributed by atoms with van der Waals surface area (Å²) >= 11 is 5.94. The Kier molecular flexibility index (Phi) is 5.55. The molecule has 1 aromatic carbocycles. The molecule has 2 aromatic rings. The minimum Gasteiger partial charge on any atom is -0.381 e. The normalized spacial score (nSPS) is 17.0. The number of halogens is 1. The first kappa shape index (κ1) is 19.1. The molecule has 1 aliphatic heterocycles. The number of pyridine rings is 1. The van der Waals surface area contributed by atoms with E-state index < -0.39 is 14.6 Å². The second-order valence-electron chi connectivity index (χ2n) is 6.48. The molecule has 0 spiro atoms. The van der Waals surface area contributed by atoms with Crippen molar-refractivity contribution in [2.24, 2.45) is 0 Å². The third kappa shape index (κ3) is 3.33. The summed E-state index contributed by atoms with van der Waals surface area (Å²) in [6.45, 7) is 5.51. The molecule has 26 heavy (non-hydrogen) atoms. The monoisotopic (exact) mass is 394 g/mol. The lowest BCUT2D eigenvalue weighted by Gasteiger charge is -2.37. The first-order valence-electron chi connectivity index (χ1n) is 8.69. The summed E-state index contributed by atoms with van der Waals surface area (Å²) in [5.41, 5.74) is 1.65. The largest absolute Gasteiger partial charge is 0.381 e. The number of aromatic nitrogens is 1. The van der Waals surface area contributed by atoms with Gasteiger partial charge in [-0.3, -0.25) is 0 Å². The summed E-state index contributed by atoms with van der Waals surface area (Å²) in [6.07, 6.45) is 2.49. The summed E-state index contributed by atoms with van der Waals surface area (Å²) in [5, 5.41) is 3.71. The van der Waals surface area contributed by atoms with Gasteiger partial charge in [-0.1, -0.05) is 11.6 Å². The van der Waals surface area contributed by atoms with Gasteiger partial charge >= 0.3 is 0 Å². The molecule has 1 aromatic heterocycles. The molecule has 1 N–H and O–H groups in total. The van der Waals surface area contributed by atoms with Crippen molar-refractivity contribution >= 4 is 27.3 Å². The average Bonchev–Trinajstić information content (AvgIpc) is 2.64. The predicted octanol–water partition coefficient (Wildman–Crippen LogP) is 3.95. The maximum Gasteiger partial charge on any atom is 0.188 e. The molecule has 2 heterocycles. The van der Waals surface area contributed by atoms with Crippen LogP contribution in [-0.4, -0.2) is 33.2 Å². The Morgan fingerprint density at radius 2 is 1.88 bits per heavy atom. The number of nitrogens with one attached hydrogen (secondary N) is 1. The number of aryl methyl sites for hydroxylation is 1. The van der Waals surface area contributed by atoms with Crippen molar-refractivity contribution in [3.63, 3.8) is 0 Å². The lowest BCUT2D eigenvalue weighted by atomic mass is 9.91. The first-order valence-corrected chi connectivity index (χ1v) is 10.6. The summed E-state index contributed by atoms with van der Waals surface area (Å²) in [4.78, 5) is 4.75. The minimum absolute atomic E-state index is 0.275. The molecule has 140 valence electrons. The maximum absolute atomic E-state index is 13.6. The summed E-state index contributed by atoms with van der Waals surface area (Å²) < 4.78 is 31.6. The molecule has 5 nitrogen and oxygen atoms in total. The Morgan fingerprint density at radius 1 is 1.23 bits per heavy atom. The quantitative estimate of drug-likeness (QED) is 0.831. The van der Waals surface area contributed by atoms with Crippen LogP contribution in [0, 0.1) is 6.92 Å². The van der Waals surface area contributed by atoms with E-state index in [-0.39, 0.29) is 4.90 Å². The van der Waals surface area contributed by atoms with Gasteiger partial charge in [-0.15, -0.1) is 0 Å². The second-order valence-corrected chi connectivity index (χ2v) is 9.18. The predicted molar refractivity (Wildman–Crippen MR) is 104 cm³/mol. The Labute approximate surface area is 159 Å². The van der Waals surface area contributed by atoms with Crippen LogP contribution in [0.15, 0.2) is 41.4 Å². The highest BCUT2D eigenvalue weighted by atomic mass is 35.5. The number of hydrogen-bond donors (Lipinski definition) is 1. The molecule has 7 heteroatoms. The number of benzene rings is 1. The molecule has 1 fully saturated rings. The molecule has 0 bridgehead atoms. The lowest BCUT2D eigenvalue weighted by Crippen LogP contribution is -2.41. The van der Waals surface area contributed by atoms with E-state index in [2.05, 4.69) is 10.3 Å². The van der Waals surface area contributed by atoms with Crippen LogP contribution < -0.4 is 5.32 Å². The highest BCUT2D eigenvalue weighted by molar-refractivity contribution is 7.92. The zero-order chi connectivity index (χ0) is 18.8. The van der Waals surface area contributed by atoms with Crippen molar-refractivity contribution in [3.8, 4) is 0 Å². The van der Waals surface area contributed by atoms with Crippen molar-refractivity contribution in [2.75, 3.05) is 25.1 Å². The number of hydrogen-bond acceptors (Lipinski definition) is 5. The number of rotatable bonds is 5. The summed E-state index contributed by atoms with van der Waals surface area (Å²) in [5.74, 6) is 0.780. The minimum atomic E-state index is -3.63. The summed E-state index contributed by atoms with van der Waals surface area (Å²) in [7, 11) is -3.63. The van der Waals surface area contributed by atoms with Gasteiger partial charge in [0.05, 0.1) is 4.90 Å². The van der Waals surface area contributed by atoms with Crippen molar-refractivity contribution < 1.29 is 13.2 Å². The van der Waals surface area contributed by atoms with Gasteiger partial charge in [-0.25, -0.2) is 13.4 Å². The van der Waals surface area contributed by atoms with Crippen LogP contribution in [0.2, 0.25) is 5.02 Å². The van der Waals surface area contributed by atoms with Gasteiger partial charge in [0.1, 0.15) is 10.6 Å². The fraction of sp³-hybridized carbons (Fsp3) is 0.421. The Balaban J connectivity index is 2.13. The SMILES string of the molecule is CCNc1ncc(C2(S(=O)(=O)c3ccc(Cl)cc3)CCOCC2)cc1C. The smallest absolute Gasteiger partial charge is 0.188 e. The Morgan fingerprint density at radius 3 is 2.46 bits per heavy atom. The highest BCUT2D eigenvalue weighted by Crippen LogP contribution is 2.44. The molecule has 1 saturated heterocycles. The molecular formula is C19H23ClN2O3S. The van der Waals surface area contributed by atoms with Crippen LogP contribution in [-0.2, 0) is 19.3 Å². The molecular weight excluding hydrogens is 372 g/mol. The van der Waals surface area contributed by atoms with Gasteiger partial charge in [0, 0.05) is 31.0 Å². The highest BCUT2D eigenvalue weighted by Gasteiger charge is 2.47. The third-order valence-electron chi connectivity index (χ3n) is 4.89. The second kappa shape index (κ2) is 7.55. The van der Waals surface area contributed by atoms with Crippen molar-refractivity contribution in [1.29, 1.82) is 0 Å². The average molecular weight is 395 g/mol. The van der Waals surface area contributed by atoms with Gasteiger partial charge in [0.2, 0.25) is 0 Å². The van der Waals surface area contributed by atoms with Crippen molar-refractivity contribution in [3.05, 3.63) is 52.7 Å². The van der Waals surface area contributed by atoms with Gasteiger partial charge < -0.3 is 10.1 Å². The molecule has 0 unspecified atom stereocenters.